The van der Waals surface area contributed by atoms with Gasteiger partial charge in [-0.2, -0.15) is 0 Å². The lowest BCUT2D eigenvalue weighted by molar-refractivity contribution is -0.137. The number of benzene rings is 1. The third kappa shape index (κ3) is 8.07. The van der Waals surface area contributed by atoms with Gasteiger partial charge in [0.05, 0.1) is 18.6 Å². The van der Waals surface area contributed by atoms with E-state index in [1.807, 2.05) is 6.07 Å². The molecule has 11 nitrogen and oxygen atoms in total. The van der Waals surface area contributed by atoms with Crippen LogP contribution in [0.5, 0.6) is 0 Å². The van der Waals surface area contributed by atoms with Crippen LogP contribution in [-0.2, 0) is 16.1 Å². The Balaban J connectivity index is 1.50. The van der Waals surface area contributed by atoms with Crippen LogP contribution in [0, 0.1) is 0 Å². The molecule has 0 spiro atoms. The van der Waals surface area contributed by atoms with Gasteiger partial charge in [0, 0.05) is 42.8 Å². The van der Waals surface area contributed by atoms with Crippen LogP contribution >= 0.6 is 0 Å². The number of carboxylic acids is 1. The number of nitrogens with one attached hydrogen (secondary N) is 4. The summed E-state index contributed by atoms with van der Waals surface area (Å²) in [5.41, 5.74) is 0.589. The Hall–Kier alpha value is -4.54. The summed E-state index contributed by atoms with van der Waals surface area (Å²) in [6.07, 6.45) is 8.25. The number of anilines is 1. The van der Waals surface area contributed by atoms with Crippen LogP contribution in [-0.4, -0.2) is 58.7 Å². The van der Waals surface area contributed by atoms with E-state index in [2.05, 4.69) is 31.2 Å². The fourth-order valence-corrected chi connectivity index (χ4v) is 3.38. The zero-order chi connectivity index (χ0) is 25.1. The van der Waals surface area contributed by atoms with E-state index in [1.165, 1.54) is 6.07 Å². The third-order valence-corrected chi connectivity index (χ3v) is 5.12. The fourth-order valence-electron chi connectivity index (χ4n) is 3.38. The van der Waals surface area contributed by atoms with Crippen LogP contribution < -0.4 is 21.3 Å². The Kier molecular flexibility index (Phi) is 8.65. The van der Waals surface area contributed by atoms with Crippen LogP contribution in [0.2, 0.25) is 0 Å². The third-order valence-electron chi connectivity index (χ3n) is 5.12. The molecule has 0 aliphatic carbocycles. The highest BCUT2D eigenvalue weighted by Gasteiger charge is 2.30. The van der Waals surface area contributed by atoms with Gasteiger partial charge in [-0.1, -0.05) is 18.2 Å². The minimum Gasteiger partial charge on any atom is -0.481 e. The second kappa shape index (κ2) is 12.1. The Bertz CT molecular complexity index is 1130. The lowest BCUT2D eigenvalue weighted by Gasteiger charge is -2.31. The number of hydrogen-bond acceptors (Lipinski definition) is 6. The molecule has 5 N–H and O–H groups in total. The number of aromatic nitrogens is 1. The number of aliphatic carboxylic acids is 1. The molecule has 182 valence electrons. The van der Waals surface area contributed by atoms with Gasteiger partial charge in [-0.05, 0) is 42.3 Å². The van der Waals surface area contributed by atoms with Crippen molar-refractivity contribution in [3.05, 3.63) is 72.1 Å². The number of carbonyl (C=O) groups is 4. The Morgan fingerprint density at radius 2 is 1.94 bits per heavy atom. The smallest absolute Gasteiger partial charge is 0.319 e. The summed E-state index contributed by atoms with van der Waals surface area (Å²) in [4.78, 5) is 56.2. The number of carboxylic acid groups (broad SMARTS) is 1. The van der Waals surface area contributed by atoms with Gasteiger partial charge >= 0.3 is 12.0 Å². The van der Waals surface area contributed by atoms with Gasteiger partial charge < -0.3 is 26.4 Å². The molecule has 35 heavy (non-hydrogen) atoms. The highest BCUT2D eigenvalue weighted by Crippen LogP contribution is 2.18. The van der Waals surface area contributed by atoms with Crippen LogP contribution in [0.1, 0.15) is 28.8 Å². The van der Waals surface area contributed by atoms with Gasteiger partial charge in [-0.3, -0.25) is 24.4 Å². The van der Waals surface area contributed by atoms with E-state index >= 15 is 0 Å². The monoisotopic (exact) mass is 478 g/mol. The predicted octanol–water partition coefficient (Wildman–Crippen LogP) is 1.49. The Labute approximate surface area is 201 Å². The van der Waals surface area contributed by atoms with Crippen molar-refractivity contribution in [2.45, 2.75) is 24.9 Å². The summed E-state index contributed by atoms with van der Waals surface area (Å²) in [6.45, 7) is 0.199. The van der Waals surface area contributed by atoms with E-state index in [9.17, 15) is 19.2 Å². The second-order valence-corrected chi connectivity index (χ2v) is 7.88. The average Bonchev–Trinajstić information content (AvgIpc) is 2.86. The summed E-state index contributed by atoms with van der Waals surface area (Å²) < 4.78 is 0. The number of amides is 4. The molecule has 1 aromatic heterocycles. The molecule has 1 unspecified atom stereocenters. The largest absolute Gasteiger partial charge is 0.481 e. The molecule has 0 saturated heterocycles. The van der Waals surface area contributed by atoms with Crippen molar-refractivity contribution in [3.8, 4) is 0 Å². The molecule has 3 rings (SSSR count). The second-order valence-electron chi connectivity index (χ2n) is 7.88. The predicted molar refractivity (Wildman–Crippen MR) is 129 cm³/mol. The highest BCUT2D eigenvalue weighted by molar-refractivity contribution is 5.98. The van der Waals surface area contributed by atoms with Crippen molar-refractivity contribution in [2.24, 2.45) is 4.99 Å². The molecule has 0 saturated carbocycles. The lowest BCUT2D eigenvalue weighted by Crippen LogP contribution is -2.53. The number of dihydropyridines is 1. The van der Waals surface area contributed by atoms with Crippen LogP contribution in [0.3, 0.4) is 0 Å². The minimum absolute atomic E-state index is 0.137. The Morgan fingerprint density at radius 3 is 2.66 bits per heavy atom. The van der Waals surface area contributed by atoms with E-state index in [0.29, 0.717) is 12.2 Å². The number of rotatable bonds is 10. The molecular formula is C24H26N6O5. The number of carbonyl (C=O) groups excluding carboxylic acids is 3. The van der Waals surface area contributed by atoms with Crippen LogP contribution in [0.25, 0.3) is 0 Å². The van der Waals surface area contributed by atoms with Gasteiger partial charge in [0.2, 0.25) is 5.91 Å². The molecule has 2 heterocycles. The first-order valence-corrected chi connectivity index (χ1v) is 10.9. The number of allylic oxidation sites excluding steroid dienone is 1. The fraction of sp³-hybridized carbons (Fsp3) is 0.250. The number of pyridine rings is 1. The van der Waals surface area contributed by atoms with E-state index in [4.69, 9.17) is 5.11 Å². The highest BCUT2D eigenvalue weighted by atomic mass is 16.4. The molecule has 4 amide bonds. The number of nitrogens with zero attached hydrogens (tertiary/aromatic N) is 2. The Morgan fingerprint density at radius 1 is 1.09 bits per heavy atom. The quantitative estimate of drug-likeness (QED) is 0.348. The molecule has 0 radical (unpaired) electrons. The maximum atomic E-state index is 12.5. The molecule has 0 fully saturated rings. The molecule has 1 aromatic carbocycles. The van der Waals surface area contributed by atoms with Crippen LogP contribution in [0.15, 0.2) is 65.9 Å². The van der Waals surface area contributed by atoms with Crippen molar-refractivity contribution in [1.82, 2.24) is 20.9 Å². The topological polar surface area (TPSA) is 162 Å². The lowest BCUT2D eigenvalue weighted by atomic mass is 9.91. The number of aliphatic imine (C=N–C) groups is 1. The summed E-state index contributed by atoms with van der Waals surface area (Å²) in [7, 11) is 0. The van der Waals surface area contributed by atoms with Gasteiger partial charge in [-0.15, -0.1) is 0 Å². The average molecular weight is 479 g/mol. The zero-order valence-corrected chi connectivity index (χ0v) is 18.9. The maximum absolute atomic E-state index is 12.5. The summed E-state index contributed by atoms with van der Waals surface area (Å²) in [6, 6.07) is 9.45. The first-order valence-electron chi connectivity index (χ1n) is 10.9. The number of hydrogen-bond donors (Lipinski definition) is 5. The van der Waals surface area contributed by atoms with E-state index < -0.39 is 29.4 Å². The van der Waals surface area contributed by atoms with Gasteiger partial charge in [-0.25, -0.2) is 4.79 Å². The van der Waals surface area contributed by atoms with Crippen LogP contribution in [0.4, 0.5) is 10.5 Å². The SMILES string of the molecule is O=C(O)CCC1(NC(=O)CNC(=O)c2cccc(NC(=O)NCc3cccnc3)c2)C=CC=NC1. The molecule has 2 aromatic rings. The van der Waals surface area contributed by atoms with Crippen molar-refractivity contribution in [3.63, 3.8) is 0 Å². The van der Waals surface area contributed by atoms with Gasteiger partial charge in [0.25, 0.3) is 5.91 Å². The standard InChI is InChI=1S/C24H26N6O5/c31-20(30-24(9-7-21(32)33)8-3-11-26-16-24)15-27-22(34)18-5-1-6-19(12-18)29-23(35)28-14-17-4-2-10-25-13-17/h1-6,8,10-13H,7,9,14-16H2,(H,27,34)(H,30,31)(H,32,33)(H2,28,29,35). The van der Waals surface area contributed by atoms with E-state index in [-0.39, 0.29) is 31.5 Å². The van der Waals surface area contributed by atoms with Gasteiger partial charge in [0.15, 0.2) is 0 Å². The molecule has 1 aliphatic heterocycles. The molecular weight excluding hydrogens is 452 g/mol. The molecule has 1 aliphatic rings. The van der Waals surface area contributed by atoms with Crippen molar-refractivity contribution in [1.29, 1.82) is 0 Å². The van der Waals surface area contributed by atoms with E-state index in [0.717, 1.165) is 5.56 Å². The van der Waals surface area contributed by atoms with Crippen molar-refractivity contribution >= 4 is 35.7 Å². The first kappa shape index (κ1) is 25.1. The summed E-state index contributed by atoms with van der Waals surface area (Å²) >= 11 is 0. The first-order chi connectivity index (χ1) is 16.8. The minimum atomic E-state index is -0.978. The van der Waals surface area contributed by atoms with Crippen molar-refractivity contribution in [2.75, 3.05) is 18.4 Å². The van der Waals surface area contributed by atoms with Gasteiger partial charge in [0.1, 0.15) is 0 Å². The summed E-state index contributed by atoms with van der Waals surface area (Å²) in [5.74, 6) is -1.96. The van der Waals surface area contributed by atoms with Crippen molar-refractivity contribution < 1.29 is 24.3 Å². The maximum Gasteiger partial charge on any atom is 0.319 e. The van der Waals surface area contributed by atoms with E-state index in [1.54, 1.807) is 55.0 Å². The summed E-state index contributed by atoms with van der Waals surface area (Å²) in [5, 5.41) is 19.7. The molecule has 0 bridgehead atoms. The zero-order valence-electron chi connectivity index (χ0n) is 18.9. The number of urea groups is 1. The molecule has 1 atom stereocenters. The molecule has 11 heteroatoms. The normalized spacial score (nSPS) is 16.2.